The van der Waals surface area contributed by atoms with E-state index in [2.05, 4.69) is 32.6 Å². The molecule has 2 fully saturated rings. The van der Waals surface area contributed by atoms with Gasteiger partial charge in [0.05, 0.1) is 5.92 Å². The summed E-state index contributed by atoms with van der Waals surface area (Å²) in [7, 11) is 0. The van der Waals surface area contributed by atoms with Crippen LogP contribution in [0.25, 0.3) is 0 Å². The van der Waals surface area contributed by atoms with Crippen LogP contribution in [0.3, 0.4) is 0 Å². The monoisotopic (exact) mass is 281 g/mol. The van der Waals surface area contributed by atoms with E-state index in [-0.39, 0.29) is 12.0 Å². The van der Waals surface area contributed by atoms with Crippen LogP contribution in [0.4, 0.5) is 0 Å². The highest BCUT2D eigenvalue weighted by Gasteiger charge is 2.39. The van der Waals surface area contributed by atoms with Crippen LogP contribution in [0.15, 0.2) is 0 Å². The summed E-state index contributed by atoms with van der Waals surface area (Å²) in [5.74, 6) is 0.733. The second kappa shape index (κ2) is 6.05. The Labute approximate surface area is 123 Å². The molecule has 3 nitrogen and oxygen atoms in total. The Hall–Kier alpha value is -0.570. The first kappa shape index (κ1) is 15.8. The first-order valence-corrected chi connectivity index (χ1v) is 8.26. The van der Waals surface area contributed by atoms with Crippen molar-refractivity contribution in [1.82, 2.24) is 4.90 Å². The summed E-state index contributed by atoms with van der Waals surface area (Å²) in [5.41, 5.74) is 0.387. The highest BCUT2D eigenvalue weighted by molar-refractivity contribution is 5.71. The number of hydrogen-bond donors (Lipinski definition) is 1. The molecule has 2 aliphatic rings. The van der Waals surface area contributed by atoms with Gasteiger partial charge in [0.2, 0.25) is 0 Å². The summed E-state index contributed by atoms with van der Waals surface area (Å²) in [6.07, 6.45) is 5.45. The van der Waals surface area contributed by atoms with Gasteiger partial charge in [0.25, 0.3) is 0 Å². The molecule has 0 aromatic heterocycles. The van der Waals surface area contributed by atoms with Gasteiger partial charge in [-0.25, -0.2) is 0 Å². The number of likely N-dealkylation sites (tertiary alicyclic amines) is 1. The van der Waals surface area contributed by atoms with Crippen molar-refractivity contribution in [2.24, 2.45) is 23.2 Å². The van der Waals surface area contributed by atoms with Crippen molar-refractivity contribution < 1.29 is 9.90 Å². The van der Waals surface area contributed by atoms with Crippen LogP contribution in [-0.2, 0) is 4.79 Å². The molecule has 1 N–H and O–H groups in total. The number of hydrogen-bond acceptors (Lipinski definition) is 2. The van der Waals surface area contributed by atoms with Crippen LogP contribution in [-0.4, -0.2) is 35.1 Å². The predicted octanol–water partition coefficient (Wildman–Crippen LogP) is 3.63. The smallest absolute Gasteiger partial charge is 0.308 e. The van der Waals surface area contributed by atoms with Gasteiger partial charge in [-0.15, -0.1) is 0 Å². The van der Waals surface area contributed by atoms with E-state index in [4.69, 9.17) is 0 Å². The van der Waals surface area contributed by atoms with Gasteiger partial charge < -0.3 is 5.11 Å². The van der Waals surface area contributed by atoms with E-state index >= 15 is 0 Å². The molecule has 0 spiro atoms. The summed E-state index contributed by atoms with van der Waals surface area (Å²) in [6, 6.07) is 0.275. The topological polar surface area (TPSA) is 40.5 Å². The number of carbonyl (C=O) groups is 1. The van der Waals surface area contributed by atoms with Crippen LogP contribution >= 0.6 is 0 Å². The lowest BCUT2D eigenvalue weighted by molar-refractivity contribution is -0.146. The molecule has 0 amide bonds. The van der Waals surface area contributed by atoms with E-state index in [9.17, 15) is 9.90 Å². The molecule has 0 aromatic carbocycles. The van der Waals surface area contributed by atoms with E-state index < -0.39 is 5.97 Å². The minimum absolute atomic E-state index is 0.141. The molecule has 1 heterocycles. The molecule has 0 aromatic rings. The van der Waals surface area contributed by atoms with E-state index in [1.54, 1.807) is 0 Å². The maximum atomic E-state index is 11.5. The molecule has 116 valence electrons. The Kier molecular flexibility index (Phi) is 4.78. The molecule has 2 rings (SSSR count). The van der Waals surface area contributed by atoms with Crippen molar-refractivity contribution in [3.05, 3.63) is 0 Å². The Morgan fingerprint density at radius 3 is 2.20 bits per heavy atom. The minimum Gasteiger partial charge on any atom is -0.481 e. The van der Waals surface area contributed by atoms with Crippen molar-refractivity contribution >= 4 is 5.97 Å². The summed E-state index contributed by atoms with van der Waals surface area (Å²) < 4.78 is 0. The zero-order valence-corrected chi connectivity index (χ0v) is 13.6. The SMILES string of the molecule is CC1CCC(C(=O)O)C(N2CCC(C(C)(C)C)CC2)C1. The molecule has 20 heavy (non-hydrogen) atoms. The molecule has 1 aliphatic heterocycles. The number of carboxylic acids is 1. The van der Waals surface area contributed by atoms with Crippen LogP contribution in [0, 0.1) is 23.2 Å². The lowest BCUT2D eigenvalue weighted by atomic mass is 9.73. The summed E-state index contributed by atoms with van der Waals surface area (Å²) >= 11 is 0. The van der Waals surface area contributed by atoms with E-state index in [1.165, 1.54) is 12.8 Å². The molecule has 1 saturated carbocycles. The number of aliphatic carboxylic acids is 1. The van der Waals surface area contributed by atoms with Crippen LogP contribution in [0.2, 0.25) is 0 Å². The standard InChI is InChI=1S/C17H31NO2/c1-12-5-6-14(16(19)20)15(11-12)18-9-7-13(8-10-18)17(2,3)4/h12-15H,5-11H2,1-4H3,(H,19,20). The molecule has 1 aliphatic carbocycles. The zero-order chi connectivity index (χ0) is 14.9. The summed E-state index contributed by atoms with van der Waals surface area (Å²) in [5, 5.41) is 9.48. The average Bonchev–Trinajstić information content (AvgIpc) is 2.37. The highest BCUT2D eigenvalue weighted by Crippen LogP contribution is 2.38. The van der Waals surface area contributed by atoms with Crippen molar-refractivity contribution in [2.45, 2.75) is 65.8 Å². The number of carboxylic acid groups (broad SMARTS) is 1. The Bertz CT molecular complexity index is 339. The van der Waals surface area contributed by atoms with Gasteiger partial charge in [0.15, 0.2) is 0 Å². The molecule has 3 atom stereocenters. The number of nitrogens with zero attached hydrogens (tertiary/aromatic N) is 1. The molecule has 1 saturated heterocycles. The molecular weight excluding hydrogens is 250 g/mol. The van der Waals surface area contributed by atoms with Crippen LogP contribution in [0.5, 0.6) is 0 Å². The van der Waals surface area contributed by atoms with Crippen molar-refractivity contribution in [3.8, 4) is 0 Å². The fourth-order valence-corrected chi connectivity index (χ4v) is 4.14. The second-order valence-electron chi connectivity index (χ2n) is 8.11. The van der Waals surface area contributed by atoms with Gasteiger partial charge in [-0.3, -0.25) is 9.69 Å². The third kappa shape index (κ3) is 3.55. The van der Waals surface area contributed by atoms with Crippen molar-refractivity contribution in [3.63, 3.8) is 0 Å². The maximum absolute atomic E-state index is 11.5. The third-order valence-corrected chi connectivity index (χ3v) is 5.62. The minimum atomic E-state index is -0.583. The second-order valence-corrected chi connectivity index (χ2v) is 8.11. The average molecular weight is 281 g/mol. The van der Waals surface area contributed by atoms with Gasteiger partial charge in [-0.1, -0.05) is 27.7 Å². The van der Waals surface area contributed by atoms with Gasteiger partial charge in [-0.2, -0.15) is 0 Å². The number of rotatable bonds is 2. The van der Waals surface area contributed by atoms with Crippen LogP contribution < -0.4 is 0 Å². The Balaban J connectivity index is 1.98. The normalized spacial score (nSPS) is 34.1. The predicted molar refractivity (Wildman–Crippen MR) is 81.7 cm³/mol. The molecular formula is C17H31NO2. The molecule has 0 radical (unpaired) electrons. The lowest BCUT2D eigenvalue weighted by Crippen LogP contribution is -2.50. The fourth-order valence-electron chi connectivity index (χ4n) is 4.14. The molecule has 0 bridgehead atoms. The van der Waals surface area contributed by atoms with E-state index in [1.807, 2.05) is 0 Å². The summed E-state index contributed by atoms with van der Waals surface area (Å²) in [6.45, 7) is 11.4. The number of piperidine rings is 1. The van der Waals surface area contributed by atoms with E-state index in [0.29, 0.717) is 11.3 Å². The molecule has 3 unspecified atom stereocenters. The first-order valence-electron chi connectivity index (χ1n) is 8.26. The van der Waals surface area contributed by atoms with Gasteiger partial charge in [0, 0.05) is 6.04 Å². The quantitative estimate of drug-likeness (QED) is 0.840. The maximum Gasteiger partial charge on any atom is 0.308 e. The van der Waals surface area contributed by atoms with Gasteiger partial charge in [0.1, 0.15) is 0 Å². The third-order valence-electron chi connectivity index (χ3n) is 5.62. The molecule has 3 heteroatoms. The highest BCUT2D eigenvalue weighted by atomic mass is 16.4. The zero-order valence-electron chi connectivity index (χ0n) is 13.6. The lowest BCUT2D eigenvalue weighted by Gasteiger charge is -2.45. The van der Waals surface area contributed by atoms with Crippen LogP contribution in [0.1, 0.15) is 59.8 Å². The Morgan fingerprint density at radius 2 is 1.70 bits per heavy atom. The van der Waals surface area contributed by atoms with Crippen molar-refractivity contribution in [1.29, 1.82) is 0 Å². The first-order chi connectivity index (χ1) is 9.29. The van der Waals surface area contributed by atoms with Gasteiger partial charge in [-0.05, 0) is 62.4 Å². The Morgan fingerprint density at radius 1 is 1.10 bits per heavy atom. The fraction of sp³-hybridized carbons (Fsp3) is 0.941. The summed E-state index contributed by atoms with van der Waals surface area (Å²) in [4.78, 5) is 14.0. The largest absolute Gasteiger partial charge is 0.481 e. The van der Waals surface area contributed by atoms with Gasteiger partial charge >= 0.3 is 5.97 Å². The van der Waals surface area contributed by atoms with Crippen molar-refractivity contribution in [2.75, 3.05) is 13.1 Å². The van der Waals surface area contributed by atoms with E-state index in [0.717, 1.165) is 38.3 Å².